The Bertz CT molecular complexity index is 735. The van der Waals surface area contributed by atoms with Crippen molar-refractivity contribution in [2.24, 2.45) is 29.6 Å². The van der Waals surface area contributed by atoms with Crippen molar-refractivity contribution in [1.82, 2.24) is 0 Å². The van der Waals surface area contributed by atoms with Gasteiger partial charge in [0.2, 0.25) is 0 Å². The molecule has 0 bridgehead atoms. The lowest BCUT2D eigenvalue weighted by Gasteiger charge is -2.19. The topological polar surface area (TPSA) is 0 Å². The Morgan fingerprint density at radius 3 is 1.65 bits per heavy atom. The van der Waals surface area contributed by atoms with Crippen molar-refractivity contribution >= 4 is 0 Å². The maximum atomic E-state index is 3.00. The van der Waals surface area contributed by atoms with Crippen LogP contribution in [0.4, 0.5) is 0 Å². The lowest BCUT2D eigenvalue weighted by Crippen LogP contribution is -2.13. The summed E-state index contributed by atoms with van der Waals surface area (Å²) in [6.45, 7) is 27.3. The van der Waals surface area contributed by atoms with Gasteiger partial charge in [-0.2, -0.15) is 0 Å². The van der Waals surface area contributed by atoms with Gasteiger partial charge >= 0.3 is 0 Å². The van der Waals surface area contributed by atoms with Gasteiger partial charge in [-0.25, -0.2) is 0 Å². The third-order valence-corrected chi connectivity index (χ3v) is 7.37. The Morgan fingerprint density at radius 1 is 0.735 bits per heavy atom. The van der Waals surface area contributed by atoms with Gasteiger partial charge in [-0.15, -0.1) is 26.3 Å². The van der Waals surface area contributed by atoms with Crippen LogP contribution in [0.25, 0.3) is 11.1 Å². The number of fused-ring (bicyclic) bond motifs is 1. The highest BCUT2D eigenvalue weighted by Crippen LogP contribution is 2.51. The fraction of sp³-hybridized carbons (Fsp3) is 0.529. The summed E-state index contributed by atoms with van der Waals surface area (Å²) in [6, 6.07) is 18.2. The quantitative estimate of drug-likeness (QED) is 0.396. The lowest BCUT2D eigenvalue weighted by atomic mass is 9.86. The van der Waals surface area contributed by atoms with Crippen LogP contribution in [0.2, 0.25) is 0 Å². The van der Waals surface area contributed by atoms with Crippen molar-refractivity contribution < 1.29 is 0 Å². The van der Waals surface area contributed by atoms with Gasteiger partial charge < -0.3 is 0 Å². The van der Waals surface area contributed by atoms with Gasteiger partial charge in [0.15, 0.2) is 0 Å². The van der Waals surface area contributed by atoms with Gasteiger partial charge in [-0.05, 0) is 78.9 Å². The first-order valence-electron chi connectivity index (χ1n) is 13.6. The number of benzene rings is 2. The van der Waals surface area contributed by atoms with Gasteiger partial charge in [0.25, 0.3) is 0 Å². The molecule has 2 aliphatic carbocycles. The molecule has 0 aliphatic heterocycles. The summed E-state index contributed by atoms with van der Waals surface area (Å²) in [7, 11) is 0. The maximum Gasteiger partial charge on any atom is -0.0184 e. The lowest BCUT2D eigenvalue weighted by molar-refractivity contribution is 0.324. The van der Waals surface area contributed by atoms with E-state index in [1.165, 1.54) is 60.8 Å². The zero-order chi connectivity index (χ0) is 26.1. The molecule has 0 aromatic heterocycles. The summed E-state index contributed by atoms with van der Waals surface area (Å²) < 4.78 is 0. The monoisotopic (exact) mass is 462 g/mol. The standard InChI is InChI=1S/C23H28.C5H12.C2H6.2C2H4/c1-16-3-8-19(9-4-16)20-10-6-18(7-11-20)15-21-12-14-22-17(2)5-13-23(21)22;1-4-5(2)3;3*1-2/h3-4,6-11,17,21-23H,5,12-15H2,1-2H3;5H,4H2,1-3H3;1-2H3;2*1-2H2. The molecule has 0 spiro atoms. The smallest absolute Gasteiger partial charge is 0.0184 e. The SMILES string of the molecule is C=C.C=C.CC.CCC(C)C.Cc1ccc(-c2ccc(CC3CCC4C(C)CCC34)cc2)cc1. The molecule has 0 heteroatoms. The van der Waals surface area contributed by atoms with Crippen LogP contribution in [0.15, 0.2) is 74.8 Å². The minimum atomic E-state index is 0.884. The molecule has 0 radical (unpaired) electrons. The molecule has 4 atom stereocenters. The molecule has 4 unspecified atom stereocenters. The van der Waals surface area contributed by atoms with Crippen LogP contribution in [-0.4, -0.2) is 0 Å². The van der Waals surface area contributed by atoms with E-state index in [9.17, 15) is 0 Å². The van der Waals surface area contributed by atoms with Crippen molar-refractivity contribution in [3.63, 3.8) is 0 Å². The van der Waals surface area contributed by atoms with Crippen molar-refractivity contribution in [3.05, 3.63) is 86.0 Å². The van der Waals surface area contributed by atoms with E-state index in [1.54, 1.807) is 0 Å². The molecule has 34 heavy (non-hydrogen) atoms. The Morgan fingerprint density at radius 2 is 1.18 bits per heavy atom. The van der Waals surface area contributed by atoms with Gasteiger partial charge in [-0.3, -0.25) is 0 Å². The molecular formula is C34H54. The summed E-state index contributed by atoms with van der Waals surface area (Å²) in [5.74, 6) is 4.85. The predicted octanol–water partition coefficient (Wildman–Crippen LogP) is 11.0. The van der Waals surface area contributed by atoms with Crippen LogP contribution >= 0.6 is 0 Å². The fourth-order valence-corrected chi connectivity index (χ4v) is 5.15. The number of aryl methyl sites for hydroxylation is 1. The molecule has 4 rings (SSSR count). The molecule has 0 heterocycles. The van der Waals surface area contributed by atoms with Crippen molar-refractivity contribution in [1.29, 1.82) is 0 Å². The summed E-state index contributed by atoms with van der Waals surface area (Å²) >= 11 is 0. The molecule has 0 amide bonds. The van der Waals surface area contributed by atoms with Crippen molar-refractivity contribution in [2.75, 3.05) is 0 Å². The first-order valence-corrected chi connectivity index (χ1v) is 13.6. The highest BCUT2D eigenvalue weighted by atomic mass is 14.5. The first kappa shape index (κ1) is 31.9. The van der Waals surface area contributed by atoms with E-state index in [-0.39, 0.29) is 0 Å². The minimum Gasteiger partial charge on any atom is -0.106 e. The fourth-order valence-electron chi connectivity index (χ4n) is 5.15. The summed E-state index contributed by atoms with van der Waals surface area (Å²) in [5.41, 5.74) is 5.53. The number of hydrogen-bond donors (Lipinski definition) is 0. The van der Waals surface area contributed by atoms with Crippen LogP contribution in [0.1, 0.15) is 84.8 Å². The molecule has 0 nitrogen and oxygen atoms in total. The van der Waals surface area contributed by atoms with Crippen LogP contribution in [-0.2, 0) is 6.42 Å². The van der Waals surface area contributed by atoms with Crippen LogP contribution < -0.4 is 0 Å². The van der Waals surface area contributed by atoms with E-state index in [0.717, 1.165) is 29.6 Å². The zero-order valence-corrected chi connectivity index (χ0v) is 23.6. The highest BCUT2D eigenvalue weighted by Gasteiger charge is 2.42. The van der Waals surface area contributed by atoms with Crippen LogP contribution in [0.5, 0.6) is 0 Å². The second-order valence-electron chi connectivity index (χ2n) is 9.79. The Balaban J connectivity index is 0.000000856. The van der Waals surface area contributed by atoms with Gasteiger partial charge in [0.05, 0.1) is 0 Å². The molecule has 2 aliphatic rings. The van der Waals surface area contributed by atoms with E-state index in [1.807, 2.05) is 13.8 Å². The Kier molecular flexibility index (Phi) is 17.2. The molecule has 2 aromatic rings. The number of hydrogen-bond acceptors (Lipinski definition) is 0. The third-order valence-electron chi connectivity index (χ3n) is 7.37. The molecule has 0 saturated heterocycles. The van der Waals surface area contributed by atoms with Crippen molar-refractivity contribution in [3.8, 4) is 11.1 Å². The largest absolute Gasteiger partial charge is 0.106 e. The van der Waals surface area contributed by atoms with E-state index < -0.39 is 0 Å². The summed E-state index contributed by atoms with van der Waals surface area (Å²) in [5, 5.41) is 0. The molecule has 2 saturated carbocycles. The minimum absolute atomic E-state index is 0.884. The highest BCUT2D eigenvalue weighted by molar-refractivity contribution is 5.63. The van der Waals surface area contributed by atoms with Gasteiger partial charge in [0, 0.05) is 0 Å². The summed E-state index contributed by atoms with van der Waals surface area (Å²) in [4.78, 5) is 0. The Hall–Kier alpha value is -2.08. The van der Waals surface area contributed by atoms with E-state index in [0.29, 0.717) is 0 Å². The average Bonchev–Trinajstić information content (AvgIpc) is 3.47. The summed E-state index contributed by atoms with van der Waals surface area (Å²) in [6.07, 6.45) is 8.50. The second kappa shape index (κ2) is 18.3. The first-order chi connectivity index (χ1) is 16.5. The van der Waals surface area contributed by atoms with Crippen LogP contribution in [0.3, 0.4) is 0 Å². The van der Waals surface area contributed by atoms with E-state index in [2.05, 4.69) is 109 Å². The average molecular weight is 463 g/mol. The molecule has 190 valence electrons. The third kappa shape index (κ3) is 10.0. The maximum absolute atomic E-state index is 3.00. The zero-order valence-electron chi connectivity index (χ0n) is 23.6. The van der Waals surface area contributed by atoms with Crippen LogP contribution in [0, 0.1) is 36.5 Å². The Labute approximate surface area is 213 Å². The molecule has 2 fully saturated rings. The van der Waals surface area contributed by atoms with E-state index >= 15 is 0 Å². The number of rotatable bonds is 4. The van der Waals surface area contributed by atoms with Gasteiger partial charge in [0.1, 0.15) is 0 Å². The molecule has 0 N–H and O–H groups in total. The van der Waals surface area contributed by atoms with E-state index in [4.69, 9.17) is 0 Å². The second-order valence-corrected chi connectivity index (χ2v) is 9.79. The van der Waals surface area contributed by atoms with Crippen molar-refractivity contribution in [2.45, 2.75) is 87.0 Å². The van der Waals surface area contributed by atoms with Gasteiger partial charge in [-0.1, -0.05) is 108 Å². The normalized spacial score (nSPS) is 21.9. The molecular weight excluding hydrogens is 408 g/mol. The predicted molar refractivity (Wildman–Crippen MR) is 157 cm³/mol. The molecule has 2 aromatic carbocycles.